The monoisotopic (exact) mass is 162 g/mol. The van der Waals surface area contributed by atoms with Crippen LogP contribution in [0.25, 0.3) is 0 Å². The second-order valence-electron chi connectivity index (χ2n) is 2.82. The van der Waals surface area contributed by atoms with Crippen LogP contribution in [0.4, 0.5) is 0 Å². The van der Waals surface area contributed by atoms with Gasteiger partial charge in [0.25, 0.3) is 0 Å². The van der Waals surface area contributed by atoms with Crippen LogP contribution in [-0.4, -0.2) is 41.9 Å². The van der Waals surface area contributed by atoms with Crippen LogP contribution in [0.2, 0.25) is 0 Å². The zero-order valence-corrected chi connectivity index (χ0v) is 6.73. The molecule has 1 aliphatic rings. The molecular formula is C7H14O4. The van der Waals surface area contributed by atoms with Gasteiger partial charge in [0.15, 0.2) is 6.29 Å². The van der Waals surface area contributed by atoms with Gasteiger partial charge in [-0.2, -0.15) is 0 Å². The summed E-state index contributed by atoms with van der Waals surface area (Å²) < 4.78 is 9.98. The van der Waals surface area contributed by atoms with Crippen molar-refractivity contribution in [3.8, 4) is 0 Å². The van der Waals surface area contributed by atoms with Gasteiger partial charge in [0.05, 0.1) is 12.2 Å². The number of ether oxygens (including phenoxy) is 2. The molecule has 0 aromatic carbocycles. The number of rotatable bonds is 1. The Bertz CT molecular complexity index is 128. The van der Waals surface area contributed by atoms with E-state index in [4.69, 9.17) is 9.47 Å². The number of methoxy groups -OCH3 is 1. The van der Waals surface area contributed by atoms with Crippen LogP contribution in [0.5, 0.6) is 0 Å². The number of hydrogen-bond donors (Lipinski definition) is 2. The van der Waals surface area contributed by atoms with E-state index in [0.29, 0.717) is 6.42 Å². The molecule has 4 nitrogen and oxygen atoms in total. The minimum Gasteiger partial charge on any atom is -0.390 e. The zero-order chi connectivity index (χ0) is 8.43. The minimum absolute atomic E-state index is 0.261. The van der Waals surface area contributed by atoms with Gasteiger partial charge in [-0.15, -0.1) is 0 Å². The Labute approximate surface area is 65.7 Å². The molecule has 11 heavy (non-hydrogen) atoms. The van der Waals surface area contributed by atoms with Gasteiger partial charge in [-0.05, 0) is 6.92 Å². The Morgan fingerprint density at radius 3 is 2.55 bits per heavy atom. The number of aliphatic hydroxyl groups excluding tert-OH is 2. The number of aliphatic hydroxyl groups is 2. The van der Waals surface area contributed by atoms with E-state index < -0.39 is 18.5 Å². The normalized spacial score (nSPS) is 45.8. The van der Waals surface area contributed by atoms with Crippen LogP contribution in [-0.2, 0) is 9.47 Å². The van der Waals surface area contributed by atoms with Crippen molar-refractivity contribution in [3.63, 3.8) is 0 Å². The smallest absolute Gasteiger partial charge is 0.183 e. The van der Waals surface area contributed by atoms with Gasteiger partial charge in [-0.3, -0.25) is 0 Å². The van der Waals surface area contributed by atoms with Crippen molar-refractivity contribution in [2.24, 2.45) is 0 Å². The van der Waals surface area contributed by atoms with E-state index in [1.54, 1.807) is 6.92 Å². The molecule has 4 heteroatoms. The topological polar surface area (TPSA) is 58.9 Å². The maximum atomic E-state index is 9.25. The van der Waals surface area contributed by atoms with Gasteiger partial charge in [0.1, 0.15) is 6.10 Å². The summed E-state index contributed by atoms with van der Waals surface area (Å²) in [5.41, 5.74) is 0. The highest BCUT2D eigenvalue weighted by atomic mass is 16.7. The lowest BCUT2D eigenvalue weighted by molar-refractivity contribution is -0.251. The van der Waals surface area contributed by atoms with Crippen molar-refractivity contribution in [2.45, 2.75) is 37.9 Å². The first-order valence-corrected chi connectivity index (χ1v) is 3.69. The first kappa shape index (κ1) is 8.93. The van der Waals surface area contributed by atoms with E-state index in [-0.39, 0.29) is 6.10 Å². The molecule has 1 saturated heterocycles. The molecule has 1 fully saturated rings. The molecule has 1 rings (SSSR count). The molecule has 0 aromatic rings. The highest BCUT2D eigenvalue weighted by molar-refractivity contribution is 4.77. The van der Waals surface area contributed by atoms with Gasteiger partial charge in [-0.25, -0.2) is 0 Å². The van der Waals surface area contributed by atoms with E-state index in [1.807, 2.05) is 0 Å². The molecular weight excluding hydrogens is 148 g/mol. The van der Waals surface area contributed by atoms with Crippen LogP contribution < -0.4 is 0 Å². The summed E-state index contributed by atoms with van der Waals surface area (Å²) in [4.78, 5) is 0. The molecule has 66 valence electrons. The predicted molar refractivity (Wildman–Crippen MR) is 38.0 cm³/mol. The minimum atomic E-state index is -0.716. The SMILES string of the molecule is COC1O[C@H](C)[C@@H](O)C[C@@H]1O. The maximum absolute atomic E-state index is 9.25. The van der Waals surface area contributed by atoms with Gasteiger partial charge >= 0.3 is 0 Å². The van der Waals surface area contributed by atoms with E-state index in [2.05, 4.69) is 0 Å². The molecule has 1 unspecified atom stereocenters. The molecule has 1 heterocycles. The first-order valence-electron chi connectivity index (χ1n) is 3.69. The van der Waals surface area contributed by atoms with E-state index in [0.717, 1.165) is 0 Å². The van der Waals surface area contributed by atoms with Crippen molar-refractivity contribution in [2.75, 3.05) is 7.11 Å². The molecule has 0 radical (unpaired) electrons. The summed E-state index contributed by atoms with van der Waals surface area (Å²) in [5.74, 6) is 0. The van der Waals surface area contributed by atoms with Gasteiger partial charge < -0.3 is 19.7 Å². The zero-order valence-electron chi connectivity index (χ0n) is 6.73. The number of hydrogen-bond acceptors (Lipinski definition) is 4. The Kier molecular flexibility index (Phi) is 2.84. The molecule has 1 aliphatic heterocycles. The predicted octanol–water partition coefficient (Wildman–Crippen LogP) is -0.510. The van der Waals surface area contributed by atoms with Crippen LogP contribution >= 0.6 is 0 Å². The average Bonchev–Trinajstić information content (AvgIpc) is 1.97. The largest absolute Gasteiger partial charge is 0.390 e. The molecule has 0 aromatic heterocycles. The van der Waals surface area contributed by atoms with Crippen LogP contribution in [0, 0.1) is 0 Å². The first-order chi connectivity index (χ1) is 5.15. The Hall–Kier alpha value is -0.160. The fourth-order valence-corrected chi connectivity index (χ4v) is 1.16. The van der Waals surface area contributed by atoms with E-state index >= 15 is 0 Å². The van der Waals surface area contributed by atoms with E-state index in [1.165, 1.54) is 7.11 Å². The summed E-state index contributed by atoms with van der Waals surface area (Å²) in [6, 6.07) is 0. The van der Waals surface area contributed by atoms with Crippen molar-refractivity contribution in [1.29, 1.82) is 0 Å². The van der Waals surface area contributed by atoms with Crippen molar-refractivity contribution >= 4 is 0 Å². The molecule has 0 amide bonds. The molecule has 0 bridgehead atoms. The second-order valence-corrected chi connectivity index (χ2v) is 2.82. The third-order valence-electron chi connectivity index (χ3n) is 1.92. The van der Waals surface area contributed by atoms with Crippen molar-refractivity contribution in [3.05, 3.63) is 0 Å². The van der Waals surface area contributed by atoms with Crippen molar-refractivity contribution in [1.82, 2.24) is 0 Å². The summed E-state index contributed by atoms with van der Waals surface area (Å²) in [7, 11) is 1.47. The fourth-order valence-electron chi connectivity index (χ4n) is 1.16. The van der Waals surface area contributed by atoms with Crippen LogP contribution in [0.3, 0.4) is 0 Å². The highest BCUT2D eigenvalue weighted by Crippen LogP contribution is 2.19. The lowest BCUT2D eigenvalue weighted by Gasteiger charge is -2.34. The summed E-state index contributed by atoms with van der Waals surface area (Å²) in [5, 5.41) is 18.5. The maximum Gasteiger partial charge on any atom is 0.183 e. The Morgan fingerprint density at radius 1 is 1.36 bits per heavy atom. The van der Waals surface area contributed by atoms with Crippen molar-refractivity contribution < 1.29 is 19.7 Å². The standard InChI is InChI=1S/C7H14O4/c1-4-5(8)3-6(9)7(10-2)11-4/h4-9H,3H2,1-2H3/t4-,5+,6+,7?/m1/s1. The highest BCUT2D eigenvalue weighted by Gasteiger charge is 2.33. The third kappa shape index (κ3) is 1.90. The fraction of sp³-hybridized carbons (Fsp3) is 1.00. The lowest BCUT2D eigenvalue weighted by atomic mass is 10.0. The van der Waals surface area contributed by atoms with Gasteiger partial charge in [0.2, 0.25) is 0 Å². The second kappa shape index (κ2) is 3.49. The van der Waals surface area contributed by atoms with E-state index in [9.17, 15) is 10.2 Å². The molecule has 0 spiro atoms. The Morgan fingerprint density at radius 2 is 2.00 bits per heavy atom. The Balaban J connectivity index is 2.48. The molecule has 0 saturated carbocycles. The van der Waals surface area contributed by atoms with Crippen LogP contribution in [0.1, 0.15) is 13.3 Å². The summed E-state index contributed by atoms with van der Waals surface area (Å²) >= 11 is 0. The molecule has 2 N–H and O–H groups in total. The quantitative estimate of drug-likeness (QED) is 0.545. The third-order valence-corrected chi connectivity index (χ3v) is 1.92. The van der Waals surface area contributed by atoms with Gasteiger partial charge in [-0.1, -0.05) is 0 Å². The van der Waals surface area contributed by atoms with Crippen LogP contribution in [0.15, 0.2) is 0 Å². The summed E-state index contributed by atoms with van der Waals surface area (Å²) in [6.07, 6.45) is -1.83. The summed E-state index contributed by atoms with van der Waals surface area (Å²) in [6.45, 7) is 1.75. The lowest BCUT2D eigenvalue weighted by Crippen LogP contribution is -2.46. The van der Waals surface area contributed by atoms with Gasteiger partial charge in [0, 0.05) is 13.5 Å². The molecule has 0 aliphatic carbocycles. The molecule has 4 atom stereocenters. The average molecular weight is 162 g/mol.